The number of unbranched alkanes of at least 4 members (excludes halogenated alkanes) is 1. The lowest BCUT2D eigenvalue weighted by Gasteiger charge is -2.02. The van der Waals surface area contributed by atoms with E-state index in [1.54, 1.807) is 0 Å². The van der Waals surface area contributed by atoms with Crippen LogP contribution in [0, 0.1) is 6.92 Å². The van der Waals surface area contributed by atoms with Gasteiger partial charge in [0.25, 0.3) is 5.56 Å². The van der Waals surface area contributed by atoms with E-state index in [1.165, 1.54) is 15.9 Å². The number of aromatic nitrogens is 2. The minimum absolute atomic E-state index is 0.170. The van der Waals surface area contributed by atoms with Gasteiger partial charge in [-0.05, 0) is 19.4 Å². The van der Waals surface area contributed by atoms with Gasteiger partial charge in [-0.3, -0.25) is 14.3 Å². The van der Waals surface area contributed by atoms with Gasteiger partial charge in [0.15, 0.2) is 0 Å². The van der Waals surface area contributed by atoms with Crippen LogP contribution in [0.5, 0.6) is 0 Å². The van der Waals surface area contributed by atoms with E-state index in [1.807, 2.05) is 19.9 Å². The van der Waals surface area contributed by atoms with Crippen LogP contribution in [0.2, 0.25) is 0 Å². The summed E-state index contributed by atoms with van der Waals surface area (Å²) in [5.74, 6) is 0. The van der Waals surface area contributed by atoms with Gasteiger partial charge >= 0.3 is 5.69 Å². The van der Waals surface area contributed by atoms with Crippen LogP contribution >= 0.6 is 11.3 Å². The highest BCUT2D eigenvalue weighted by Gasteiger charge is 2.09. The number of hydrogen-bond donors (Lipinski definition) is 1. The highest BCUT2D eigenvalue weighted by molar-refractivity contribution is 7.18. The molecular formula is C11H14N2O2S. The van der Waals surface area contributed by atoms with Crippen molar-refractivity contribution in [3.05, 3.63) is 31.8 Å². The van der Waals surface area contributed by atoms with Gasteiger partial charge in [-0.15, -0.1) is 11.3 Å². The summed E-state index contributed by atoms with van der Waals surface area (Å²) in [6.45, 7) is 4.46. The molecule has 0 aromatic carbocycles. The first-order valence-electron chi connectivity index (χ1n) is 5.36. The zero-order valence-corrected chi connectivity index (χ0v) is 10.2. The number of nitrogens with zero attached hydrogens (tertiary/aromatic N) is 1. The number of aromatic amines is 1. The molecule has 0 aliphatic heterocycles. The molecule has 0 saturated carbocycles. The molecule has 0 spiro atoms. The van der Waals surface area contributed by atoms with Crippen LogP contribution in [0.1, 0.15) is 24.6 Å². The second-order valence-electron chi connectivity index (χ2n) is 3.84. The Morgan fingerprint density at radius 2 is 2.19 bits per heavy atom. The largest absolute Gasteiger partial charge is 0.329 e. The molecule has 0 saturated heterocycles. The summed E-state index contributed by atoms with van der Waals surface area (Å²) in [6.07, 6.45) is 1.81. The molecule has 2 heterocycles. The fourth-order valence-corrected chi connectivity index (χ4v) is 2.58. The highest BCUT2D eigenvalue weighted by Crippen LogP contribution is 2.18. The molecule has 0 amide bonds. The van der Waals surface area contributed by atoms with Crippen LogP contribution in [0.3, 0.4) is 0 Å². The Hall–Kier alpha value is -1.36. The Balaban J connectivity index is 2.65. The summed E-state index contributed by atoms with van der Waals surface area (Å²) >= 11 is 1.44. The lowest BCUT2D eigenvalue weighted by molar-refractivity contribution is 0.589. The van der Waals surface area contributed by atoms with Gasteiger partial charge in [0.1, 0.15) is 4.83 Å². The van der Waals surface area contributed by atoms with Gasteiger partial charge in [0.05, 0.1) is 5.39 Å². The van der Waals surface area contributed by atoms with E-state index >= 15 is 0 Å². The quantitative estimate of drug-likeness (QED) is 0.887. The maximum Gasteiger partial charge on any atom is 0.329 e. The predicted octanol–water partition coefficient (Wildman–Crippen LogP) is 1.86. The third-order valence-electron chi connectivity index (χ3n) is 2.53. The third kappa shape index (κ3) is 1.82. The van der Waals surface area contributed by atoms with Crippen molar-refractivity contribution in [2.24, 2.45) is 0 Å². The molecule has 4 nitrogen and oxygen atoms in total. The Labute approximate surface area is 96.6 Å². The summed E-state index contributed by atoms with van der Waals surface area (Å²) in [6, 6.07) is 1.83. The summed E-state index contributed by atoms with van der Waals surface area (Å²) in [5.41, 5.74) is -0.468. The highest BCUT2D eigenvalue weighted by atomic mass is 32.1. The second-order valence-corrected chi connectivity index (χ2v) is 5.10. The molecule has 1 N–H and O–H groups in total. The van der Waals surface area contributed by atoms with Crippen molar-refractivity contribution in [2.75, 3.05) is 0 Å². The topological polar surface area (TPSA) is 54.9 Å². The van der Waals surface area contributed by atoms with Crippen LogP contribution in [0.25, 0.3) is 10.2 Å². The minimum Gasteiger partial charge on any atom is -0.298 e. The smallest absolute Gasteiger partial charge is 0.298 e. The first-order chi connectivity index (χ1) is 7.63. The average molecular weight is 238 g/mol. The summed E-state index contributed by atoms with van der Waals surface area (Å²) in [5, 5.41) is 0.623. The molecule has 0 radical (unpaired) electrons. The Bertz CT molecular complexity index is 621. The van der Waals surface area contributed by atoms with Gasteiger partial charge in [-0.1, -0.05) is 13.3 Å². The zero-order chi connectivity index (χ0) is 11.7. The molecule has 86 valence electrons. The maximum atomic E-state index is 12.0. The average Bonchev–Trinajstić information content (AvgIpc) is 2.59. The van der Waals surface area contributed by atoms with E-state index in [2.05, 4.69) is 4.98 Å². The molecule has 2 aromatic heterocycles. The van der Waals surface area contributed by atoms with Crippen LogP contribution < -0.4 is 11.2 Å². The molecule has 0 atom stereocenters. The molecule has 16 heavy (non-hydrogen) atoms. The fourth-order valence-electron chi connectivity index (χ4n) is 1.69. The number of fused-ring (bicyclic) bond motifs is 1. The number of nitrogens with one attached hydrogen (secondary N) is 1. The molecule has 0 unspecified atom stereocenters. The van der Waals surface area contributed by atoms with Crippen molar-refractivity contribution in [3.8, 4) is 0 Å². The number of H-pyrrole nitrogens is 1. The maximum absolute atomic E-state index is 12.0. The third-order valence-corrected chi connectivity index (χ3v) is 3.50. The van der Waals surface area contributed by atoms with E-state index in [0.717, 1.165) is 17.7 Å². The SMILES string of the molecule is CCCCn1c(=O)[nH]c2sc(C)cc2c1=O. The van der Waals surface area contributed by atoms with Gasteiger partial charge in [-0.25, -0.2) is 4.79 Å². The lowest BCUT2D eigenvalue weighted by atomic mass is 10.3. The molecule has 0 aliphatic carbocycles. The van der Waals surface area contributed by atoms with Crippen molar-refractivity contribution in [3.63, 3.8) is 0 Å². The summed E-state index contributed by atoms with van der Waals surface area (Å²) in [7, 11) is 0. The van der Waals surface area contributed by atoms with E-state index in [4.69, 9.17) is 0 Å². The number of thiophene rings is 1. The van der Waals surface area contributed by atoms with E-state index in [-0.39, 0.29) is 11.2 Å². The fraction of sp³-hybridized carbons (Fsp3) is 0.455. The van der Waals surface area contributed by atoms with Gasteiger partial charge in [-0.2, -0.15) is 0 Å². The van der Waals surface area contributed by atoms with Crippen molar-refractivity contribution < 1.29 is 0 Å². The van der Waals surface area contributed by atoms with Crippen molar-refractivity contribution >= 4 is 21.6 Å². The molecular weight excluding hydrogens is 224 g/mol. The lowest BCUT2D eigenvalue weighted by Crippen LogP contribution is -2.34. The van der Waals surface area contributed by atoms with Crippen molar-refractivity contribution in [2.45, 2.75) is 33.2 Å². The van der Waals surface area contributed by atoms with Crippen molar-refractivity contribution in [1.29, 1.82) is 0 Å². The monoisotopic (exact) mass is 238 g/mol. The Morgan fingerprint density at radius 1 is 1.44 bits per heavy atom. The Kier molecular flexibility index (Phi) is 2.96. The van der Waals surface area contributed by atoms with Crippen molar-refractivity contribution in [1.82, 2.24) is 9.55 Å². The van der Waals surface area contributed by atoms with E-state index in [9.17, 15) is 9.59 Å². The Morgan fingerprint density at radius 3 is 2.88 bits per heavy atom. The normalized spacial score (nSPS) is 11.1. The van der Waals surface area contributed by atoms with Crippen LogP contribution in [0.15, 0.2) is 15.7 Å². The molecule has 0 aliphatic rings. The number of aryl methyl sites for hydroxylation is 1. The standard InChI is InChI=1S/C11H14N2O2S/c1-3-4-5-13-10(14)8-6-7(2)16-9(8)12-11(13)15/h6H,3-5H2,1-2H3,(H,12,15). The second kappa shape index (κ2) is 4.25. The van der Waals surface area contributed by atoms with Gasteiger partial charge < -0.3 is 0 Å². The first-order valence-corrected chi connectivity index (χ1v) is 6.18. The van der Waals surface area contributed by atoms with Crippen LogP contribution in [0.4, 0.5) is 0 Å². The van der Waals surface area contributed by atoms with Crippen LogP contribution in [-0.2, 0) is 6.54 Å². The zero-order valence-electron chi connectivity index (χ0n) is 9.37. The number of rotatable bonds is 3. The van der Waals surface area contributed by atoms with Gasteiger partial charge in [0, 0.05) is 11.4 Å². The van der Waals surface area contributed by atoms with E-state index in [0.29, 0.717) is 16.8 Å². The molecule has 2 rings (SSSR count). The molecule has 0 fully saturated rings. The summed E-state index contributed by atoms with van der Waals surface area (Å²) in [4.78, 5) is 28.2. The minimum atomic E-state index is -0.298. The van der Waals surface area contributed by atoms with Crippen LogP contribution in [-0.4, -0.2) is 9.55 Å². The molecule has 0 bridgehead atoms. The summed E-state index contributed by atoms with van der Waals surface area (Å²) < 4.78 is 1.29. The van der Waals surface area contributed by atoms with Gasteiger partial charge in [0.2, 0.25) is 0 Å². The first kappa shape index (κ1) is 11.1. The number of hydrogen-bond acceptors (Lipinski definition) is 3. The molecule has 5 heteroatoms. The van der Waals surface area contributed by atoms with E-state index < -0.39 is 0 Å². The predicted molar refractivity (Wildman–Crippen MR) is 66.4 cm³/mol. The molecule has 2 aromatic rings.